The Morgan fingerprint density at radius 1 is 0.867 bits per heavy atom. The van der Waals surface area contributed by atoms with Crippen molar-refractivity contribution in [3.05, 3.63) is 107 Å². The summed E-state index contributed by atoms with van der Waals surface area (Å²) in [7, 11) is 0. The highest BCUT2D eigenvalue weighted by molar-refractivity contribution is 5.79. The molecule has 5 rings (SSSR count). The Morgan fingerprint density at radius 2 is 1.63 bits per heavy atom. The quantitative estimate of drug-likeness (QED) is 0.445. The highest BCUT2D eigenvalue weighted by Crippen LogP contribution is 2.24. The zero-order valence-electron chi connectivity index (χ0n) is 16.2. The van der Waals surface area contributed by atoms with Gasteiger partial charge >= 0.3 is 0 Å². The predicted molar refractivity (Wildman–Crippen MR) is 115 cm³/mol. The molecule has 0 atom stereocenters. The highest BCUT2D eigenvalue weighted by Gasteiger charge is 2.18. The zero-order chi connectivity index (χ0) is 20.7. The highest BCUT2D eigenvalue weighted by atomic mass is 19.1. The van der Waals surface area contributed by atoms with E-state index in [0.717, 1.165) is 16.8 Å². The van der Waals surface area contributed by atoms with Crippen molar-refractivity contribution < 1.29 is 4.39 Å². The zero-order valence-corrected chi connectivity index (χ0v) is 16.2. The number of hydrogen-bond acceptors (Lipinski definition) is 3. The summed E-state index contributed by atoms with van der Waals surface area (Å²) in [5.41, 5.74) is 3.41. The summed E-state index contributed by atoms with van der Waals surface area (Å²) < 4.78 is 16.7. The van der Waals surface area contributed by atoms with Gasteiger partial charge in [0.15, 0.2) is 5.65 Å². The average Bonchev–Trinajstić information content (AvgIpc) is 3.20. The van der Waals surface area contributed by atoms with Gasteiger partial charge in [0.1, 0.15) is 17.0 Å². The summed E-state index contributed by atoms with van der Waals surface area (Å²) in [6.07, 6.45) is 1.53. The van der Waals surface area contributed by atoms with Gasteiger partial charge in [-0.3, -0.25) is 9.36 Å². The molecule has 0 aliphatic heterocycles. The first-order chi connectivity index (χ1) is 14.6. The lowest BCUT2D eigenvalue weighted by molar-refractivity contribution is 0.627. The van der Waals surface area contributed by atoms with Crippen LogP contribution in [0.2, 0.25) is 0 Å². The minimum absolute atomic E-state index is 0.259. The minimum atomic E-state index is -0.366. The molecule has 146 valence electrons. The number of benzene rings is 3. The van der Waals surface area contributed by atoms with Crippen molar-refractivity contribution in [3.8, 4) is 22.8 Å². The van der Waals surface area contributed by atoms with Gasteiger partial charge in [-0.1, -0.05) is 42.0 Å². The van der Waals surface area contributed by atoms with Crippen molar-refractivity contribution >= 4 is 11.0 Å². The largest absolute Gasteiger partial charge is 0.269 e. The van der Waals surface area contributed by atoms with E-state index in [1.165, 1.54) is 22.9 Å². The molecule has 5 aromatic rings. The summed E-state index contributed by atoms with van der Waals surface area (Å²) in [4.78, 5) is 18.4. The Labute approximate surface area is 171 Å². The van der Waals surface area contributed by atoms with Crippen molar-refractivity contribution in [2.24, 2.45) is 0 Å². The van der Waals surface area contributed by atoms with E-state index in [9.17, 15) is 9.18 Å². The molecule has 5 nitrogen and oxygen atoms in total. The molecular formula is C24H17FN4O. The Kier molecular flexibility index (Phi) is 4.25. The maximum absolute atomic E-state index is 13.5. The van der Waals surface area contributed by atoms with E-state index in [0.29, 0.717) is 22.5 Å². The van der Waals surface area contributed by atoms with Crippen LogP contribution in [0.4, 0.5) is 4.39 Å². The summed E-state index contributed by atoms with van der Waals surface area (Å²) in [6.45, 7) is 1.98. The van der Waals surface area contributed by atoms with Gasteiger partial charge in [0.2, 0.25) is 0 Å². The summed E-state index contributed by atoms with van der Waals surface area (Å²) in [6, 6.07) is 23.1. The number of halogens is 1. The first-order valence-electron chi connectivity index (χ1n) is 9.51. The van der Waals surface area contributed by atoms with E-state index in [4.69, 9.17) is 4.98 Å². The van der Waals surface area contributed by atoms with Crippen LogP contribution in [0.3, 0.4) is 0 Å². The molecule has 2 heterocycles. The molecule has 0 bridgehead atoms. The molecule has 0 unspecified atom stereocenters. The van der Waals surface area contributed by atoms with E-state index in [-0.39, 0.29) is 11.4 Å². The molecule has 0 N–H and O–H groups in total. The smallest absolute Gasteiger partial charge is 0.268 e. The number of aromatic nitrogens is 4. The summed E-state index contributed by atoms with van der Waals surface area (Å²) in [5.74, 6) is 0.107. The molecule has 2 aromatic heterocycles. The average molecular weight is 396 g/mol. The number of rotatable bonds is 3. The van der Waals surface area contributed by atoms with E-state index < -0.39 is 0 Å². The van der Waals surface area contributed by atoms with Crippen molar-refractivity contribution in [2.75, 3.05) is 0 Å². The summed E-state index contributed by atoms with van der Waals surface area (Å²) >= 11 is 0. The lowest BCUT2D eigenvalue weighted by Gasteiger charge is -2.14. The second kappa shape index (κ2) is 7.08. The van der Waals surface area contributed by atoms with Crippen LogP contribution >= 0.6 is 0 Å². The van der Waals surface area contributed by atoms with Crippen LogP contribution in [0.5, 0.6) is 0 Å². The van der Waals surface area contributed by atoms with Crippen LogP contribution in [-0.4, -0.2) is 19.3 Å². The Balaban J connectivity index is 1.86. The third kappa shape index (κ3) is 2.99. The number of aryl methyl sites for hydroxylation is 1. The lowest BCUT2D eigenvalue weighted by atomic mass is 10.1. The van der Waals surface area contributed by atoms with Crippen LogP contribution in [-0.2, 0) is 0 Å². The second-order valence-electron chi connectivity index (χ2n) is 7.05. The van der Waals surface area contributed by atoms with E-state index in [2.05, 4.69) is 5.10 Å². The number of hydrogen-bond donors (Lipinski definition) is 0. The fourth-order valence-corrected chi connectivity index (χ4v) is 3.53. The Bertz CT molecular complexity index is 1420. The topological polar surface area (TPSA) is 52.7 Å². The Morgan fingerprint density at radius 3 is 2.37 bits per heavy atom. The minimum Gasteiger partial charge on any atom is -0.268 e. The van der Waals surface area contributed by atoms with Crippen molar-refractivity contribution in [2.45, 2.75) is 6.92 Å². The summed E-state index contributed by atoms with van der Waals surface area (Å²) in [5, 5.41) is 4.80. The SMILES string of the molecule is Cc1cccc(-c2nc3c(cnn3-c3ccccc3)c(=O)n2-c2ccc(F)cc2)c1. The molecular weight excluding hydrogens is 379 g/mol. The van der Waals surface area contributed by atoms with Crippen LogP contribution < -0.4 is 5.56 Å². The predicted octanol–water partition coefficient (Wildman–Crippen LogP) is 4.69. The first-order valence-corrected chi connectivity index (χ1v) is 9.51. The molecule has 6 heteroatoms. The van der Waals surface area contributed by atoms with Gasteiger partial charge in [0.05, 0.1) is 17.6 Å². The number of para-hydroxylation sites is 1. The number of nitrogens with zero attached hydrogens (tertiary/aromatic N) is 4. The monoisotopic (exact) mass is 396 g/mol. The molecule has 3 aromatic carbocycles. The first kappa shape index (κ1) is 18.0. The van der Waals surface area contributed by atoms with E-state index >= 15 is 0 Å². The van der Waals surface area contributed by atoms with Crippen molar-refractivity contribution in [3.63, 3.8) is 0 Å². The van der Waals surface area contributed by atoms with Gasteiger partial charge in [-0.15, -0.1) is 0 Å². The molecule has 0 amide bonds. The van der Waals surface area contributed by atoms with Gasteiger partial charge in [-0.05, 0) is 49.4 Å². The second-order valence-corrected chi connectivity index (χ2v) is 7.05. The molecule has 0 spiro atoms. The molecule has 0 radical (unpaired) electrons. The third-order valence-corrected chi connectivity index (χ3v) is 4.96. The third-order valence-electron chi connectivity index (χ3n) is 4.96. The van der Waals surface area contributed by atoms with Gasteiger partial charge in [0, 0.05) is 5.56 Å². The van der Waals surface area contributed by atoms with Crippen LogP contribution in [0.15, 0.2) is 89.9 Å². The fourth-order valence-electron chi connectivity index (χ4n) is 3.53. The lowest BCUT2D eigenvalue weighted by Crippen LogP contribution is -2.22. The van der Waals surface area contributed by atoms with Crippen LogP contribution in [0.25, 0.3) is 33.8 Å². The van der Waals surface area contributed by atoms with Crippen molar-refractivity contribution in [1.29, 1.82) is 0 Å². The molecule has 0 saturated heterocycles. The van der Waals surface area contributed by atoms with Crippen LogP contribution in [0, 0.1) is 12.7 Å². The van der Waals surface area contributed by atoms with E-state index in [1.54, 1.807) is 16.8 Å². The molecule has 0 saturated carbocycles. The Hall–Kier alpha value is -4.06. The molecule has 30 heavy (non-hydrogen) atoms. The molecule has 0 aliphatic carbocycles. The maximum atomic E-state index is 13.5. The van der Waals surface area contributed by atoms with Gasteiger partial charge in [-0.25, -0.2) is 14.1 Å². The van der Waals surface area contributed by atoms with E-state index in [1.807, 2.05) is 61.5 Å². The fraction of sp³-hybridized carbons (Fsp3) is 0.0417. The number of fused-ring (bicyclic) bond motifs is 1. The van der Waals surface area contributed by atoms with Gasteiger partial charge < -0.3 is 0 Å². The standard InChI is InChI=1S/C24H17FN4O/c1-16-6-5-7-17(14-16)22-27-23-21(15-26-29(23)20-8-3-2-4-9-20)24(30)28(22)19-12-10-18(25)11-13-19/h2-15H,1H3. The molecule has 0 aliphatic rings. The normalized spacial score (nSPS) is 11.1. The maximum Gasteiger partial charge on any atom is 0.269 e. The van der Waals surface area contributed by atoms with Gasteiger partial charge in [-0.2, -0.15) is 5.10 Å². The van der Waals surface area contributed by atoms with Crippen molar-refractivity contribution in [1.82, 2.24) is 19.3 Å². The molecule has 0 fully saturated rings. The van der Waals surface area contributed by atoms with Crippen LogP contribution in [0.1, 0.15) is 5.56 Å². The van der Waals surface area contributed by atoms with Gasteiger partial charge in [0.25, 0.3) is 5.56 Å².